The van der Waals surface area contributed by atoms with Crippen molar-refractivity contribution in [3.8, 4) is 0 Å². The fourth-order valence-electron chi connectivity index (χ4n) is 2.93. The molecule has 0 unspecified atom stereocenters. The lowest BCUT2D eigenvalue weighted by atomic mass is 9.86. The van der Waals surface area contributed by atoms with Gasteiger partial charge in [0.15, 0.2) is 0 Å². The summed E-state index contributed by atoms with van der Waals surface area (Å²) in [5, 5.41) is 3.04. The fraction of sp³-hybridized carbons (Fsp3) is 0.667. The molecule has 3 N–H and O–H groups in total. The van der Waals surface area contributed by atoms with Gasteiger partial charge in [-0.2, -0.15) is 0 Å². The lowest BCUT2D eigenvalue weighted by Crippen LogP contribution is -2.54. The van der Waals surface area contributed by atoms with Crippen molar-refractivity contribution in [2.45, 2.75) is 59.5 Å². The predicted octanol–water partition coefficient (Wildman–Crippen LogP) is 1.99. The molecule has 0 radical (unpaired) electrons. The summed E-state index contributed by atoms with van der Waals surface area (Å²) in [5.74, 6) is 1.25. The quantitative estimate of drug-likeness (QED) is 0.884. The number of amides is 2. The number of likely N-dealkylation sites (tertiary alicyclic amines) is 1. The molecule has 0 saturated carbocycles. The van der Waals surface area contributed by atoms with Crippen LogP contribution in [0.2, 0.25) is 0 Å². The molecule has 1 aliphatic heterocycles. The Labute approximate surface area is 143 Å². The average molecular weight is 335 g/mol. The van der Waals surface area contributed by atoms with Crippen LogP contribution in [-0.2, 0) is 4.79 Å². The third-order valence-electron chi connectivity index (χ3n) is 4.63. The first-order valence-corrected chi connectivity index (χ1v) is 8.52. The zero-order valence-corrected chi connectivity index (χ0v) is 15.3. The van der Waals surface area contributed by atoms with E-state index in [1.807, 2.05) is 32.6 Å². The van der Waals surface area contributed by atoms with Gasteiger partial charge in [0.05, 0.1) is 11.6 Å². The zero-order chi connectivity index (χ0) is 18.1. The van der Waals surface area contributed by atoms with Crippen molar-refractivity contribution in [1.29, 1.82) is 0 Å². The second-order valence-corrected chi connectivity index (χ2v) is 7.74. The number of nitrogens with zero attached hydrogens (tertiary/aromatic N) is 1. The van der Waals surface area contributed by atoms with Crippen LogP contribution in [-0.4, -0.2) is 41.9 Å². The van der Waals surface area contributed by atoms with Gasteiger partial charge >= 0.3 is 0 Å². The Hall–Kier alpha value is -1.82. The highest BCUT2D eigenvalue weighted by molar-refractivity contribution is 5.95. The summed E-state index contributed by atoms with van der Waals surface area (Å²) in [6.45, 7) is 10.8. The number of hydrogen-bond donors (Lipinski definition) is 2. The highest BCUT2D eigenvalue weighted by Gasteiger charge is 2.33. The summed E-state index contributed by atoms with van der Waals surface area (Å²) >= 11 is 0. The third kappa shape index (κ3) is 4.17. The molecule has 6 nitrogen and oxygen atoms in total. The van der Waals surface area contributed by atoms with Crippen LogP contribution in [0.1, 0.15) is 55.5 Å². The molecular formula is C18H29N3O3. The summed E-state index contributed by atoms with van der Waals surface area (Å²) in [4.78, 5) is 26.6. The first-order valence-electron chi connectivity index (χ1n) is 8.52. The second kappa shape index (κ2) is 6.97. The molecule has 0 spiro atoms. The van der Waals surface area contributed by atoms with Crippen molar-refractivity contribution in [3.05, 3.63) is 23.2 Å². The maximum Gasteiger partial charge on any atom is 0.255 e. The van der Waals surface area contributed by atoms with E-state index in [2.05, 4.69) is 5.32 Å². The SMILES string of the molecule is Cc1cc(C(=O)NC2CCN(C(=O)[C@@H](N)C(C)(C)C)CC2)c(C)o1. The summed E-state index contributed by atoms with van der Waals surface area (Å²) < 4.78 is 5.40. The molecule has 24 heavy (non-hydrogen) atoms. The molecule has 1 aromatic rings. The highest BCUT2D eigenvalue weighted by atomic mass is 16.3. The molecule has 0 aromatic carbocycles. The van der Waals surface area contributed by atoms with Crippen LogP contribution in [0, 0.1) is 19.3 Å². The van der Waals surface area contributed by atoms with Gasteiger partial charge in [-0.15, -0.1) is 0 Å². The minimum atomic E-state index is -0.500. The number of furan rings is 1. The van der Waals surface area contributed by atoms with Crippen molar-refractivity contribution >= 4 is 11.8 Å². The van der Waals surface area contributed by atoms with Gasteiger partial charge in [-0.25, -0.2) is 0 Å². The van der Waals surface area contributed by atoms with Crippen molar-refractivity contribution < 1.29 is 14.0 Å². The molecule has 1 saturated heterocycles. The Morgan fingerprint density at radius 3 is 2.33 bits per heavy atom. The number of piperidine rings is 1. The number of carbonyl (C=O) groups is 2. The number of rotatable bonds is 3. The van der Waals surface area contributed by atoms with E-state index < -0.39 is 6.04 Å². The van der Waals surface area contributed by atoms with Crippen molar-refractivity contribution in [3.63, 3.8) is 0 Å². The maximum atomic E-state index is 12.4. The Balaban J connectivity index is 1.88. The smallest absolute Gasteiger partial charge is 0.255 e. The minimum absolute atomic E-state index is 0.00594. The first-order chi connectivity index (χ1) is 11.1. The molecule has 2 rings (SSSR count). The van der Waals surface area contributed by atoms with Crippen LogP contribution < -0.4 is 11.1 Å². The number of hydrogen-bond acceptors (Lipinski definition) is 4. The topological polar surface area (TPSA) is 88.6 Å². The molecule has 0 aliphatic carbocycles. The van der Waals surface area contributed by atoms with Crippen molar-refractivity contribution in [1.82, 2.24) is 10.2 Å². The number of aryl methyl sites for hydroxylation is 2. The molecular weight excluding hydrogens is 306 g/mol. The van der Waals surface area contributed by atoms with E-state index in [9.17, 15) is 9.59 Å². The van der Waals surface area contributed by atoms with E-state index in [1.165, 1.54) is 0 Å². The monoisotopic (exact) mass is 335 g/mol. The molecule has 2 heterocycles. The van der Waals surface area contributed by atoms with Gasteiger partial charge in [-0.1, -0.05) is 20.8 Å². The van der Waals surface area contributed by atoms with Crippen molar-refractivity contribution in [2.75, 3.05) is 13.1 Å². The van der Waals surface area contributed by atoms with Crippen LogP contribution in [0.15, 0.2) is 10.5 Å². The van der Waals surface area contributed by atoms with E-state index in [0.717, 1.165) is 18.6 Å². The van der Waals surface area contributed by atoms with Gasteiger partial charge in [0.25, 0.3) is 5.91 Å². The van der Waals surface area contributed by atoms with Crippen LogP contribution in [0.25, 0.3) is 0 Å². The van der Waals surface area contributed by atoms with Crippen LogP contribution in [0.5, 0.6) is 0 Å². The fourth-order valence-corrected chi connectivity index (χ4v) is 2.93. The van der Waals surface area contributed by atoms with E-state index >= 15 is 0 Å². The number of nitrogens with one attached hydrogen (secondary N) is 1. The predicted molar refractivity (Wildman–Crippen MR) is 92.7 cm³/mol. The van der Waals surface area contributed by atoms with Crippen LogP contribution >= 0.6 is 0 Å². The zero-order valence-electron chi connectivity index (χ0n) is 15.3. The van der Waals surface area contributed by atoms with Crippen molar-refractivity contribution in [2.24, 2.45) is 11.1 Å². The maximum absolute atomic E-state index is 12.4. The van der Waals surface area contributed by atoms with E-state index in [4.69, 9.17) is 10.2 Å². The molecule has 134 valence electrons. The third-order valence-corrected chi connectivity index (χ3v) is 4.63. The van der Waals surface area contributed by atoms with E-state index in [-0.39, 0.29) is 23.3 Å². The van der Waals surface area contributed by atoms with E-state index in [1.54, 1.807) is 13.0 Å². The molecule has 2 amide bonds. The summed E-state index contributed by atoms with van der Waals surface area (Å²) in [7, 11) is 0. The number of nitrogens with two attached hydrogens (primary N) is 1. The minimum Gasteiger partial charge on any atom is -0.466 e. The van der Waals surface area contributed by atoms with Gasteiger partial charge < -0.3 is 20.4 Å². The lowest BCUT2D eigenvalue weighted by molar-refractivity contribution is -0.136. The summed E-state index contributed by atoms with van der Waals surface area (Å²) in [6, 6.07) is 1.33. The van der Waals surface area contributed by atoms with Crippen LogP contribution in [0.4, 0.5) is 0 Å². The van der Waals surface area contributed by atoms with E-state index in [0.29, 0.717) is 24.4 Å². The summed E-state index contributed by atoms with van der Waals surface area (Å²) in [5.41, 5.74) is 6.40. The molecule has 1 atom stereocenters. The average Bonchev–Trinajstić information content (AvgIpc) is 2.84. The lowest BCUT2D eigenvalue weighted by Gasteiger charge is -2.36. The standard InChI is InChI=1S/C18H29N3O3/c1-11-10-14(12(2)24-11)16(22)20-13-6-8-21(9-7-13)17(23)15(19)18(3,4)5/h10,13,15H,6-9,19H2,1-5H3,(H,20,22)/t15-/m1/s1. The second-order valence-electron chi connectivity index (χ2n) is 7.74. The Morgan fingerprint density at radius 1 is 1.29 bits per heavy atom. The van der Waals surface area contributed by atoms with Gasteiger partial charge in [-0.05, 0) is 38.2 Å². The van der Waals surface area contributed by atoms with Crippen LogP contribution in [0.3, 0.4) is 0 Å². The van der Waals surface area contributed by atoms with Gasteiger partial charge in [-0.3, -0.25) is 9.59 Å². The molecule has 1 aliphatic rings. The van der Waals surface area contributed by atoms with Gasteiger partial charge in [0, 0.05) is 19.1 Å². The van der Waals surface area contributed by atoms with Gasteiger partial charge in [0.1, 0.15) is 11.5 Å². The summed E-state index contributed by atoms with van der Waals surface area (Å²) in [6.07, 6.45) is 1.48. The first kappa shape index (κ1) is 18.5. The number of carbonyl (C=O) groups excluding carboxylic acids is 2. The Morgan fingerprint density at radius 2 is 1.88 bits per heavy atom. The normalized spacial score (nSPS) is 17.7. The molecule has 6 heteroatoms. The Kier molecular flexibility index (Phi) is 5.38. The molecule has 1 fully saturated rings. The highest BCUT2D eigenvalue weighted by Crippen LogP contribution is 2.21. The molecule has 0 bridgehead atoms. The molecule has 1 aromatic heterocycles. The van der Waals surface area contributed by atoms with Gasteiger partial charge in [0.2, 0.25) is 5.91 Å². The largest absolute Gasteiger partial charge is 0.466 e. The Bertz CT molecular complexity index is 608.